The molecular formula is C28H45N3O5. The highest BCUT2D eigenvalue weighted by atomic mass is 16.6. The fourth-order valence-electron chi connectivity index (χ4n) is 4.77. The maximum absolute atomic E-state index is 13.9. The molecule has 36 heavy (non-hydrogen) atoms. The van der Waals surface area contributed by atoms with Crippen LogP contribution in [0.2, 0.25) is 0 Å². The Hall–Kier alpha value is -2.61. The van der Waals surface area contributed by atoms with Crippen molar-refractivity contribution in [1.82, 2.24) is 15.5 Å². The Labute approximate surface area is 216 Å². The first kappa shape index (κ1) is 29.6. The van der Waals surface area contributed by atoms with Crippen LogP contribution in [0.5, 0.6) is 0 Å². The third-order valence-electron chi connectivity index (χ3n) is 6.30. The smallest absolute Gasteiger partial charge is 0.408 e. The van der Waals surface area contributed by atoms with Gasteiger partial charge in [-0.2, -0.15) is 0 Å². The Balaban J connectivity index is 2.45. The van der Waals surface area contributed by atoms with Crippen molar-refractivity contribution in [3.63, 3.8) is 0 Å². The van der Waals surface area contributed by atoms with E-state index in [0.29, 0.717) is 5.56 Å². The number of carbonyl (C=O) groups is 3. The SMILES string of the molecule is Cc1cc(C)cc(C(C(=O)NC2CCCCC2)N(CCO)C(=O)C(NC(=O)OC(C)(C)C)C(C)C)c1. The summed E-state index contributed by atoms with van der Waals surface area (Å²) >= 11 is 0. The van der Waals surface area contributed by atoms with E-state index in [1.165, 1.54) is 4.90 Å². The van der Waals surface area contributed by atoms with Crippen molar-refractivity contribution in [2.24, 2.45) is 5.92 Å². The van der Waals surface area contributed by atoms with Crippen LogP contribution in [0.15, 0.2) is 18.2 Å². The lowest BCUT2D eigenvalue weighted by molar-refractivity contribution is -0.144. The molecule has 2 atom stereocenters. The monoisotopic (exact) mass is 503 g/mol. The number of aryl methyl sites for hydroxylation is 2. The van der Waals surface area contributed by atoms with Gasteiger partial charge in [0, 0.05) is 12.6 Å². The molecule has 1 aromatic carbocycles. The Kier molecular flexibility index (Phi) is 10.8. The summed E-state index contributed by atoms with van der Waals surface area (Å²) in [5.74, 6) is -0.978. The first-order chi connectivity index (χ1) is 16.8. The topological polar surface area (TPSA) is 108 Å². The predicted octanol–water partition coefficient (Wildman–Crippen LogP) is 4.16. The van der Waals surface area contributed by atoms with Gasteiger partial charge >= 0.3 is 6.09 Å². The van der Waals surface area contributed by atoms with Gasteiger partial charge in [0.25, 0.3) is 0 Å². The fourth-order valence-corrected chi connectivity index (χ4v) is 4.77. The number of hydrogen-bond acceptors (Lipinski definition) is 5. The molecular weight excluding hydrogens is 458 g/mol. The summed E-state index contributed by atoms with van der Waals surface area (Å²) in [6.45, 7) is 12.4. The predicted molar refractivity (Wildman–Crippen MR) is 140 cm³/mol. The molecule has 0 radical (unpaired) electrons. The van der Waals surface area contributed by atoms with Crippen LogP contribution in [0.1, 0.15) is 89.5 Å². The van der Waals surface area contributed by atoms with E-state index in [1.807, 2.05) is 45.9 Å². The highest BCUT2D eigenvalue weighted by Crippen LogP contribution is 2.27. The molecule has 0 aromatic heterocycles. The van der Waals surface area contributed by atoms with Gasteiger partial charge in [-0.1, -0.05) is 62.4 Å². The number of nitrogens with zero attached hydrogens (tertiary/aromatic N) is 1. The highest BCUT2D eigenvalue weighted by molar-refractivity contribution is 5.92. The number of aliphatic hydroxyl groups excluding tert-OH is 1. The zero-order valence-corrected chi connectivity index (χ0v) is 23.0. The number of rotatable bonds is 9. The Morgan fingerprint density at radius 2 is 1.64 bits per heavy atom. The van der Waals surface area contributed by atoms with Gasteiger partial charge in [-0.15, -0.1) is 0 Å². The molecule has 0 aliphatic heterocycles. The first-order valence-corrected chi connectivity index (χ1v) is 13.1. The molecule has 2 unspecified atom stereocenters. The van der Waals surface area contributed by atoms with E-state index in [0.717, 1.165) is 43.2 Å². The molecule has 0 saturated heterocycles. The van der Waals surface area contributed by atoms with Gasteiger partial charge < -0.3 is 25.4 Å². The van der Waals surface area contributed by atoms with Gasteiger partial charge in [0.15, 0.2) is 0 Å². The van der Waals surface area contributed by atoms with E-state index in [-0.39, 0.29) is 31.0 Å². The van der Waals surface area contributed by atoms with Crippen LogP contribution in [0.25, 0.3) is 0 Å². The van der Waals surface area contributed by atoms with E-state index in [4.69, 9.17) is 4.74 Å². The molecule has 1 fully saturated rings. The summed E-state index contributed by atoms with van der Waals surface area (Å²) in [6.07, 6.45) is 4.41. The second kappa shape index (κ2) is 13.1. The van der Waals surface area contributed by atoms with Crippen LogP contribution in [-0.4, -0.2) is 58.8 Å². The number of alkyl carbamates (subject to hydrolysis) is 1. The normalized spacial score (nSPS) is 16.2. The van der Waals surface area contributed by atoms with E-state index < -0.39 is 29.7 Å². The van der Waals surface area contributed by atoms with Gasteiger partial charge in [0.05, 0.1) is 6.61 Å². The number of nitrogens with one attached hydrogen (secondary N) is 2. The summed E-state index contributed by atoms with van der Waals surface area (Å²) in [4.78, 5) is 41.6. The minimum atomic E-state index is -0.938. The average molecular weight is 504 g/mol. The molecule has 0 spiro atoms. The maximum atomic E-state index is 13.9. The van der Waals surface area contributed by atoms with Gasteiger partial charge in [0.2, 0.25) is 11.8 Å². The number of carbonyl (C=O) groups excluding carboxylic acids is 3. The number of aliphatic hydroxyl groups is 1. The molecule has 1 aliphatic rings. The van der Waals surface area contributed by atoms with Crippen molar-refractivity contribution >= 4 is 17.9 Å². The molecule has 3 N–H and O–H groups in total. The van der Waals surface area contributed by atoms with Crippen LogP contribution in [0.4, 0.5) is 4.79 Å². The standard InChI is InChI=1S/C28H45N3O5/c1-18(2)23(30-27(35)36-28(5,6)7)26(34)31(13-14-32)24(21-16-19(3)15-20(4)17-21)25(33)29-22-11-9-8-10-12-22/h15-18,22-24,32H,8-14H2,1-7H3,(H,29,33)(H,30,35). The van der Waals surface area contributed by atoms with Crippen molar-refractivity contribution in [3.05, 3.63) is 34.9 Å². The van der Waals surface area contributed by atoms with Gasteiger partial charge in [-0.05, 0) is 58.9 Å². The molecule has 0 heterocycles. The summed E-state index contributed by atoms with van der Waals surface area (Å²) in [7, 11) is 0. The van der Waals surface area contributed by atoms with Crippen molar-refractivity contribution < 1.29 is 24.2 Å². The van der Waals surface area contributed by atoms with Gasteiger partial charge in [-0.3, -0.25) is 9.59 Å². The number of amides is 3. The molecule has 1 saturated carbocycles. The molecule has 8 heteroatoms. The summed E-state index contributed by atoms with van der Waals surface area (Å²) < 4.78 is 5.38. The van der Waals surface area contributed by atoms with Gasteiger partial charge in [-0.25, -0.2) is 4.79 Å². The number of hydrogen-bond donors (Lipinski definition) is 3. The molecule has 0 bridgehead atoms. The molecule has 8 nitrogen and oxygen atoms in total. The number of benzene rings is 1. The maximum Gasteiger partial charge on any atom is 0.408 e. The first-order valence-electron chi connectivity index (χ1n) is 13.1. The highest BCUT2D eigenvalue weighted by Gasteiger charge is 2.38. The van der Waals surface area contributed by atoms with E-state index in [2.05, 4.69) is 10.6 Å². The van der Waals surface area contributed by atoms with Crippen LogP contribution >= 0.6 is 0 Å². The quantitative estimate of drug-likeness (QED) is 0.469. The molecule has 3 amide bonds. The van der Waals surface area contributed by atoms with Crippen molar-refractivity contribution in [1.29, 1.82) is 0 Å². The van der Waals surface area contributed by atoms with E-state index in [9.17, 15) is 19.5 Å². The van der Waals surface area contributed by atoms with E-state index >= 15 is 0 Å². The van der Waals surface area contributed by atoms with Gasteiger partial charge in [0.1, 0.15) is 17.7 Å². The van der Waals surface area contributed by atoms with Crippen molar-refractivity contribution in [3.8, 4) is 0 Å². The van der Waals surface area contributed by atoms with Crippen molar-refractivity contribution in [2.75, 3.05) is 13.2 Å². The second-order valence-corrected chi connectivity index (χ2v) is 11.3. The Bertz CT molecular complexity index is 883. The van der Waals surface area contributed by atoms with Crippen LogP contribution < -0.4 is 10.6 Å². The lowest BCUT2D eigenvalue weighted by Gasteiger charge is -2.36. The zero-order chi connectivity index (χ0) is 27.0. The zero-order valence-electron chi connectivity index (χ0n) is 23.0. The minimum Gasteiger partial charge on any atom is -0.444 e. The number of ether oxygens (including phenoxy) is 1. The summed E-state index contributed by atoms with van der Waals surface area (Å²) in [5, 5.41) is 15.8. The molecule has 1 aromatic rings. The Morgan fingerprint density at radius 1 is 1.06 bits per heavy atom. The Morgan fingerprint density at radius 3 is 2.14 bits per heavy atom. The molecule has 202 valence electrons. The van der Waals surface area contributed by atoms with E-state index in [1.54, 1.807) is 20.8 Å². The van der Waals surface area contributed by atoms with Crippen LogP contribution in [0.3, 0.4) is 0 Å². The van der Waals surface area contributed by atoms with Crippen LogP contribution in [-0.2, 0) is 14.3 Å². The summed E-state index contributed by atoms with van der Waals surface area (Å²) in [6, 6.07) is 4.02. The lowest BCUT2D eigenvalue weighted by Crippen LogP contribution is -2.56. The minimum absolute atomic E-state index is 0.0478. The lowest BCUT2D eigenvalue weighted by atomic mass is 9.93. The largest absolute Gasteiger partial charge is 0.444 e. The van der Waals surface area contributed by atoms with Crippen molar-refractivity contribution in [2.45, 2.75) is 104 Å². The second-order valence-electron chi connectivity index (χ2n) is 11.3. The molecule has 1 aliphatic carbocycles. The third-order valence-corrected chi connectivity index (χ3v) is 6.30. The fraction of sp³-hybridized carbons (Fsp3) is 0.679. The molecule has 2 rings (SSSR count). The average Bonchev–Trinajstić information content (AvgIpc) is 2.75. The van der Waals surface area contributed by atoms with Crippen LogP contribution in [0, 0.1) is 19.8 Å². The summed E-state index contributed by atoms with van der Waals surface area (Å²) in [5.41, 5.74) is 1.91. The third kappa shape index (κ3) is 8.80.